The Balaban J connectivity index is 1.44. The van der Waals surface area contributed by atoms with Gasteiger partial charge in [0.2, 0.25) is 5.69 Å². The van der Waals surface area contributed by atoms with E-state index in [2.05, 4.69) is 30.6 Å². The molecule has 9 nitrogen and oxygen atoms in total. The van der Waals surface area contributed by atoms with Gasteiger partial charge in [0.05, 0.1) is 18.0 Å². The van der Waals surface area contributed by atoms with Crippen LogP contribution in [0.1, 0.15) is 5.69 Å². The third-order valence-corrected chi connectivity index (χ3v) is 4.02. The van der Waals surface area contributed by atoms with E-state index < -0.39 is 12.7 Å². The molecule has 0 radical (unpaired) electrons. The van der Waals surface area contributed by atoms with Gasteiger partial charge in [-0.2, -0.15) is 28.8 Å². The number of hydrazone groups is 1. The summed E-state index contributed by atoms with van der Waals surface area (Å²) in [6.45, 7) is -1.16. The molecule has 0 bridgehead atoms. The van der Waals surface area contributed by atoms with E-state index in [0.29, 0.717) is 28.6 Å². The molecule has 0 spiro atoms. The minimum Gasteiger partial charge on any atom is -0.263 e. The lowest BCUT2D eigenvalue weighted by Gasteiger charge is -2.15. The highest BCUT2D eigenvalue weighted by molar-refractivity contribution is 5.77. The molecule has 0 unspecified atom stereocenters. The maximum absolute atomic E-state index is 12.5. The fourth-order valence-corrected chi connectivity index (χ4v) is 2.77. The molecule has 0 amide bonds. The molecule has 140 valence electrons. The lowest BCUT2D eigenvalue weighted by Crippen LogP contribution is -2.28. The van der Waals surface area contributed by atoms with Crippen LogP contribution in [0.15, 0.2) is 43.1 Å². The molecule has 1 aliphatic rings. The Morgan fingerprint density at radius 3 is 2.93 bits per heavy atom. The van der Waals surface area contributed by atoms with E-state index in [1.54, 1.807) is 33.9 Å². The van der Waals surface area contributed by atoms with Gasteiger partial charge in [0, 0.05) is 18.6 Å². The van der Waals surface area contributed by atoms with Crippen molar-refractivity contribution in [3.63, 3.8) is 0 Å². The van der Waals surface area contributed by atoms with Crippen LogP contribution in [0.5, 0.6) is 0 Å². The van der Waals surface area contributed by atoms with Crippen LogP contribution in [0.4, 0.5) is 24.8 Å². The second-order valence-electron chi connectivity index (χ2n) is 6.07. The van der Waals surface area contributed by atoms with Gasteiger partial charge in [-0.15, -0.1) is 4.68 Å². The van der Waals surface area contributed by atoms with Crippen molar-refractivity contribution in [2.24, 2.45) is 0 Å². The Morgan fingerprint density at radius 2 is 2.07 bits per heavy atom. The maximum Gasteiger partial charge on any atom is 0.408 e. The molecule has 1 N–H and O–H groups in total. The van der Waals surface area contributed by atoms with Crippen molar-refractivity contribution < 1.29 is 17.9 Å². The smallest absolute Gasteiger partial charge is 0.263 e. The number of anilines is 1. The Morgan fingerprint density at radius 1 is 1.18 bits per heavy atom. The molecule has 12 heteroatoms. The molecule has 4 aromatic heterocycles. The first-order valence-electron chi connectivity index (χ1n) is 8.12. The first-order valence-corrected chi connectivity index (χ1v) is 8.12. The van der Waals surface area contributed by atoms with Crippen molar-refractivity contribution in [3.05, 3.63) is 48.8 Å². The number of nitrogens with one attached hydrogen (secondary N) is 1. The zero-order valence-corrected chi connectivity index (χ0v) is 14.0. The molecule has 0 saturated carbocycles. The number of hydrazine groups is 1. The molecule has 0 aromatic carbocycles. The molecule has 0 aliphatic carbocycles. The second kappa shape index (κ2) is 5.84. The summed E-state index contributed by atoms with van der Waals surface area (Å²) >= 11 is 0. The SMILES string of the molecule is FC(F)(F)Cn1cc(-c2cnc3c(n2)[N+](=Cc2ccc4nccn4n2)N3)cn1. The number of halogens is 3. The Bertz CT molecular complexity index is 1220. The Labute approximate surface area is 154 Å². The van der Waals surface area contributed by atoms with Gasteiger partial charge in [0.1, 0.15) is 18.5 Å². The molecular weight excluding hydrogens is 375 g/mol. The van der Waals surface area contributed by atoms with Crippen LogP contribution in [-0.4, -0.2) is 51.4 Å². The number of imidazole rings is 1. The highest BCUT2D eigenvalue weighted by Gasteiger charge is 2.33. The van der Waals surface area contributed by atoms with E-state index in [0.717, 1.165) is 10.3 Å². The van der Waals surface area contributed by atoms with Crippen molar-refractivity contribution in [1.29, 1.82) is 0 Å². The predicted molar refractivity (Wildman–Crippen MR) is 91.0 cm³/mol. The minimum absolute atomic E-state index is 0.421. The largest absolute Gasteiger partial charge is 0.408 e. The van der Waals surface area contributed by atoms with E-state index in [9.17, 15) is 13.2 Å². The summed E-state index contributed by atoms with van der Waals surface area (Å²) in [5.41, 5.74) is 5.26. The molecule has 0 saturated heterocycles. The fourth-order valence-electron chi connectivity index (χ4n) is 2.77. The lowest BCUT2D eigenvalue weighted by atomic mass is 10.2. The van der Waals surface area contributed by atoms with Crippen molar-refractivity contribution >= 4 is 23.5 Å². The van der Waals surface area contributed by atoms with E-state index in [-0.39, 0.29) is 0 Å². The van der Waals surface area contributed by atoms with Crippen LogP contribution in [0.3, 0.4) is 0 Å². The maximum atomic E-state index is 12.5. The molecule has 0 fully saturated rings. The molecule has 1 aliphatic heterocycles. The van der Waals surface area contributed by atoms with Gasteiger partial charge in [-0.1, -0.05) is 0 Å². The van der Waals surface area contributed by atoms with Crippen LogP contribution in [0.25, 0.3) is 16.9 Å². The highest BCUT2D eigenvalue weighted by Crippen LogP contribution is 2.31. The number of hydrogen-bond donors (Lipinski definition) is 1. The van der Waals surface area contributed by atoms with Gasteiger partial charge < -0.3 is 0 Å². The number of nitrogens with zero attached hydrogens (tertiary/aromatic N) is 8. The summed E-state index contributed by atoms with van der Waals surface area (Å²) in [6.07, 6.45) is 4.88. The highest BCUT2D eigenvalue weighted by atomic mass is 19.4. The number of fused-ring (bicyclic) bond motifs is 2. The van der Waals surface area contributed by atoms with Crippen LogP contribution in [-0.2, 0) is 6.54 Å². The predicted octanol–water partition coefficient (Wildman–Crippen LogP) is 2.05. The van der Waals surface area contributed by atoms with Crippen LogP contribution in [0, 0.1) is 0 Å². The second-order valence-corrected chi connectivity index (χ2v) is 6.07. The zero-order valence-electron chi connectivity index (χ0n) is 14.0. The average Bonchev–Trinajstić information content (AvgIpc) is 3.27. The van der Waals surface area contributed by atoms with Crippen LogP contribution >= 0.6 is 0 Å². The minimum atomic E-state index is -4.34. The fraction of sp³-hybridized carbons (Fsp3) is 0.125. The molecule has 0 atom stereocenters. The number of rotatable bonds is 3. The van der Waals surface area contributed by atoms with Gasteiger partial charge in [-0.3, -0.25) is 4.68 Å². The van der Waals surface area contributed by atoms with Gasteiger partial charge in [-0.05, 0) is 17.1 Å². The Hall–Kier alpha value is -3.83. The van der Waals surface area contributed by atoms with Gasteiger partial charge in [0.25, 0.3) is 5.82 Å². The van der Waals surface area contributed by atoms with E-state index in [4.69, 9.17) is 0 Å². The van der Waals surface area contributed by atoms with Crippen molar-refractivity contribution in [2.45, 2.75) is 12.7 Å². The topological polar surface area (TPSA) is 88.8 Å². The molecule has 5 heterocycles. The summed E-state index contributed by atoms with van der Waals surface area (Å²) in [6, 6.07) is 3.64. The standard InChI is InChI=1S/C16H11F3N9/c17-16(18,19)9-26-7-10(5-22-26)12-6-21-14-15(23-12)28(25-14)8-11-1-2-13-20-3-4-27(13)24-11/h1-8H,9H2,(H,21,25)/q+1. The van der Waals surface area contributed by atoms with Crippen molar-refractivity contribution in [3.8, 4) is 11.3 Å². The van der Waals surface area contributed by atoms with Crippen molar-refractivity contribution in [1.82, 2.24) is 34.3 Å². The summed E-state index contributed by atoms with van der Waals surface area (Å²) in [5, 5.41) is 8.13. The Kier molecular flexibility index (Phi) is 3.41. The quantitative estimate of drug-likeness (QED) is 0.542. The third-order valence-electron chi connectivity index (χ3n) is 4.02. The molecule has 4 aromatic rings. The van der Waals surface area contributed by atoms with Crippen molar-refractivity contribution in [2.75, 3.05) is 5.43 Å². The van der Waals surface area contributed by atoms with Crippen LogP contribution in [0.2, 0.25) is 0 Å². The number of aromatic nitrogens is 7. The number of alkyl halides is 3. The zero-order chi connectivity index (χ0) is 19.3. The summed E-state index contributed by atoms with van der Waals surface area (Å²) < 4.78 is 41.6. The van der Waals surface area contributed by atoms with E-state index >= 15 is 0 Å². The number of hydrogen-bond acceptors (Lipinski definition) is 6. The lowest BCUT2D eigenvalue weighted by molar-refractivity contribution is -0.427. The first kappa shape index (κ1) is 16.4. The molecule has 5 rings (SSSR count). The van der Waals surface area contributed by atoms with Gasteiger partial charge in [-0.25, -0.2) is 14.5 Å². The average molecular weight is 386 g/mol. The summed E-state index contributed by atoms with van der Waals surface area (Å²) in [7, 11) is 0. The third kappa shape index (κ3) is 2.94. The monoisotopic (exact) mass is 386 g/mol. The molecule has 28 heavy (non-hydrogen) atoms. The normalized spacial score (nSPS) is 14.8. The van der Waals surface area contributed by atoms with E-state index in [1.807, 2.05) is 6.07 Å². The van der Waals surface area contributed by atoms with Gasteiger partial charge in [0.15, 0.2) is 5.65 Å². The van der Waals surface area contributed by atoms with Gasteiger partial charge >= 0.3 is 12.0 Å². The van der Waals surface area contributed by atoms with E-state index in [1.165, 1.54) is 18.6 Å². The van der Waals surface area contributed by atoms with Crippen LogP contribution < -0.4 is 5.43 Å². The first-order chi connectivity index (χ1) is 13.4. The summed E-state index contributed by atoms with van der Waals surface area (Å²) in [5.74, 6) is 1.10. The summed E-state index contributed by atoms with van der Waals surface area (Å²) in [4.78, 5) is 12.8. The molecular formula is C16H11F3N9+.